The highest BCUT2D eigenvalue weighted by Gasteiger charge is 2.10. The van der Waals surface area contributed by atoms with Gasteiger partial charge in [0.1, 0.15) is 0 Å². The topological polar surface area (TPSA) is 42.3 Å². The van der Waals surface area contributed by atoms with Gasteiger partial charge in [-0.25, -0.2) is 4.98 Å². The number of aryl methyl sites for hydroxylation is 2. The van der Waals surface area contributed by atoms with Crippen LogP contribution in [0.5, 0.6) is 0 Å². The van der Waals surface area contributed by atoms with Gasteiger partial charge in [-0.05, 0) is 26.8 Å². The zero-order valence-corrected chi connectivity index (χ0v) is 12.8. The van der Waals surface area contributed by atoms with Crippen LogP contribution in [0.15, 0.2) is 6.20 Å². The van der Waals surface area contributed by atoms with Gasteiger partial charge in [0.2, 0.25) is 5.95 Å². The molecule has 0 spiro atoms. The summed E-state index contributed by atoms with van der Waals surface area (Å²) < 4.78 is 7.64. The molecule has 5 nitrogen and oxygen atoms in total. The normalized spacial score (nSPS) is 10.9. The number of nitrogens with one attached hydrogen (secondary N) is 1. The lowest BCUT2D eigenvalue weighted by Gasteiger charge is -2.19. The number of rotatable bonds is 10. The number of hydrogen-bond acceptors (Lipinski definition) is 4. The number of likely N-dealkylation sites (N-methyl/N-ethyl adjacent to an activating group) is 2. The summed E-state index contributed by atoms with van der Waals surface area (Å²) in [5.74, 6) is 1.06. The summed E-state index contributed by atoms with van der Waals surface area (Å²) in [6.07, 6.45) is 4.17. The van der Waals surface area contributed by atoms with Crippen LogP contribution in [0.1, 0.15) is 26.0 Å². The fourth-order valence-electron chi connectivity index (χ4n) is 1.96. The Labute approximate surface area is 117 Å². The third-order valence-corrected chi connectivity index (χ3v) is 3.10. The molecule has 0 fully saturated rings. The Morgan fingerprint density at radius 2 is 2.21 bits per heavy atom. The molecular formula is C14H28N4O. The molecular weight excluding hydrogens is 240 g/mol. The van der Waals surface area contributed by atoms with Gasteiger partial charge in [0, 0.05) is 46.1 Å². The Morgan fingerprint density at radius 3 is 2.84 bits per heavy atom. The first-order valence-corrected chi connectivity index (χ1v) is 7.22. The lowest BCUT2D eigenvalue weighted by molar-refractivity contribution is 0.141. The molecule has 5 heteroatoms. The molecule has 1 rings (SSSR count). The predicted molar refractivity (Wildman–Crippen MR) is 79.9 cm³/mol. The fraction of sp³-hybridized carbons (Fsp3) is 0.786. The number of ether oxygens (including phenoxy) is 1. The Bertz CT molecular complexity index is 351. The van der Waals surface area contributed by atoms with Crippen molar-refractivity contribution in [3.8, 4) is 0 Å². The molecule has 0 radical (unpaired) electrons. The SMILES string of the molecule is CCOCCCn1cc(CC)nc1N(C)CCNC. The molecule has 19 heavy (non-hydrogen) atoms. The Kier molecular flexibility index (Phi) is 7.52. The predicted octanol–water partition coefficient (Wildman–Crippen LogP) is 1.53. The van der Waals surface area contributed by atoms with Gasteiger partial charge in [0.15, 0.2) is 0 Å². The lowest BCUT2D eigenvalue weighted by atomic mass is 10.4. The second kappa shape index (κ2) is 8.93. The molecule has 1 aromatic rings. The maximum Gasteiger partial charge on any atom is 0.205 e. The van der Waals surface area contributed by atoms with Gasteiger partial charge < -0.3 is 19.5 Å². The standard InChI is InChI=1S/C14H28N4O/c1-5-13-12-18(9-7-11-19-6-2)14(16-13)17(4)10-8-15-3/h12,15H,5-11H2,1-4H3. The van der Waals surface area contributed by atoms with Crippen LogP contribution in [0.2, 0.25) is 0 Å². The van der Waals surface area contributed by atoms with Gasteiger partial charge in [-0.3, -0.25) is 0 Å². The maximum atomic E-state index is 5.40. The summed E-state index contributed by atoms with van der Waals surface area (Å²) in [5, 5.41) is 3.17. The van der Waals surface area contributed by atoms with Gasteiger partial charge in [0.05, 0.1) is 5.69 Å². The summed E-state index contributed by atoms with van der Waals surface area (Å²) in [6, 6.07) is 0. The first kappa shape index (κ1) is 16.0. The van der Waals surface area contributed by atoms with Crippen LogP contribution in [0.3, 0.4) is 0 Å². The van der Waals surface area contributed by atoms with Gasteiger partial charge >= 0.3 is 0 Å². The first-order valence-electron chi connectivity index (χ1n) is 7.22. The molecule has 0 amide bonds. The molecule has 0 aliphatic heterocycles. The summed E-state index contributed by atoms with van der Waals surface area (Å²) in [5.41, 5.74) is 1.16. The van der Waals surface area contributed by atoms with Crippen molar-refractivity contribution in [1.82, 2.24) is 14.9 Å². The van der Waals surface area contributed by atoms with Crippen molar-refractivity contribution in [2.24, 2.45) is 0 Å². The second-order valence-corrected chi connectivity index (χ2v) is 4.65. The van der Waals surface area contributed by atoms with Crippen molar-refractivity contribution in [3.63, 3.8) is 0 Å². The van der Waals surface area contributed by atoms with Gasteiger partial charge in [-0.1, -0.05) is 6.92 Å². The monoisotopic (exact) mass is 268 g/mol. The molecule has 1 heterocycles. The lowest BCUT2D eigenvalue weighted by Crippen LogP contribution is -2.29. The van der Waals surface area contributed by atoms with E-state index < -0.39 is 0 Å². The van der Waals surface area contributed by atoms with Crippen LogP contribution in [-0.4, -0.2) is 49.9 Å². The number of imidazole rings is 1. The molecule has 110 valence electrons. The van der Waals surface area contributed by atoms with E-state index in [1.54, 1.807) is 0 Å². The van der Waals surface area contributed by atoms with Crippen LogP contribution in [-0.2, 0) is 17.7 Å². The molecule has 1 N–H and O–H groups in total. The van der Waals surface area contributed by atoms with Gasteiger partial charge in [-0.15, -0.1) is 0 Å². The van der Waals surface area contributed by atoms with E-state index in [0.29, 0.717) is 0 Å². The molecule has 0 saturated carbocycles. The molecule has 0 aliphatic carbocycles. The first-order chi connectivity index (χ1) is 9.22. The maximum absolute atomic E-state index is 5.40. The highest BCUT2D eigenvalue weighted by atomic mass is 16.5. The highest BCUT2D eigenvalue weighted by molar-refractivity contribution is 5.32. The average molecular weight is 268 g/mol. The van der Waals surface area contributed by atoms with E-state index in [4.69, 9.17) is 9.72 Å². The number of nitrogens with zero attached hydrogens (tertiary/aromatic N) is 3. The van der Waals surface area contributed by atoms with Gasteiger partial charge in [-0.2, -0.15) is 0 Å². The van der Waals surface area contributed by atoms with E-state index in [-0.39, 0.29) is 0 Å². The molecule has 0 saturated heterocycles. The van der Waals surface area contributed by atoms with E-state index >= 15 is 0 Å². The number of hydrogen-bond donors (Lipinski definition) is 1. The molecule has 0 aliphatic rings. The van der Waals surface area contributed by atoms with Crippen LogP contribution in [0, 0.1) is 0 Å². The smallest absolute Gasteiger partial charge is 0.205 e. The quantitative estimate of drug-likeness (QED) is 0.654. The van der Waals surface area contributed by atoms with Crippen molar-refractivity contribution >= 4 is 5.95 Å². The van der Waals surface area contributed by atoms with E-state index in [1.807, 2.05) is 14.0 Å². The zero-order chi connectivity index (χ0) is 14.1. The molecule has 0 unspecified atom stereocenters. The molecule has 1 aromatic heterocycles. The fourth-order valence-corrected chi connectivity index (χ4v) is 1.96. The third kappa shape index (κ3) is 5.20. The van der Waals surface area contributed by atoms with Crippen molar-refractivity contribution in [3.05, 3.63) is 11.9 Å². The van der Waals surface area contributed by atoms with Crippen molar-refractivity contribution in [1.29, 1.82) is 0 Å². The summed E-state index contributed by atoms with van der Waals surface area (Å²) in [4.78, 5) is 6.91. The van der Waals surface area contributed by atoms with Crippen LogP contribution in [0.4, 0.5) is 5.95 Å². The van der Waals surface area contributed by atoms with Crippen molar-refractivity contribution < 1.29 is 4.74 Å². The number of anilines is 1. The van der Waals surface area contributed by atoms with E-state index in [2.05, 4.69) is 35.0 Å². The van der Waals surface area contributed by atoms with E-state index in [0.717, 1.165) is 57.3 Å². The van der Waals surface area contributed by atoms with E-state index in [1.165, 1.54) is 0 Å². The molecule has 0 atom stereocenters. The largest absolute Gasteiger partial charge is 0.382 e. The van der Waals surface area contributed by atoms with Gasteiger partial charge in [0.25, 0.3) is 0 Å². The Balaban J connectivity index is 2.63. The van der Waals surface area contributed by atoms with Crippen LogP contribution in [0.25, 0.3) is 0 Å². The minimum atomic E-state index is 0.791. The summed E-state index contributed by atoms with van der Waals surface area (Å²) in [7, 11) is 4.07. The highest BCUT2D eigenvalue weighted by Crippen LogP contribution is 2.14. The van der Waals surface area contributed by atoms with E-state index in [9.17, 15) is 0 Å². The average Bonchev–Trinajstić information content (AvgIpc) is 2.84. The minimum Gasteiger partial charge on any atom is -0.382 e. The Morgan fingerprint density at radius 1 is 1.42 bits per heavy atom. The van der Waals surface area contributed by atoms with Crippen LogP contribution < -0.4 is 10.2 Å². The zero-order valence-electron chi connectivity index (χ0n) is 12.8. The van der Waals surface area contributed by atoms with Crippen molar-refractivity contribution in [2.75, 3.05) is 45.3 Å². The molecule has 0 aromatic carbocycles. The minimum absolute atomic E-state index is 0.791. The second-order valence-electron chi connectivity index (χ2n) is 4.65. The summed E-state index contributed by atoms with van der Waals surface area (Å²) in [6.45, 7) is 8.67. The Hall–Kier alpha value is -1.07. The number of aromatic nitrogens is 2. The van der Waals surface area contributed by atoms with Crippen molar-refractivity contribution in [2.45, 2.75) is 33.2 Å². The third-order valence-electron chi connectivity index (χ3n) is 3.10. The summed E-state index contributed by atoms with van der Waals surface area (Å²) >= 11 is 0. The molecule has 0 bridgehead atoms. The van der Waals surface area contributed by atoms with Crippen LogP contribution >= 0.6 is 0 Å².